The molecule has 1 unspecified atom stereocenters. The molecule has 1 N–H and O–H groups in total. The minimum absolute atomic E-state index is 0.337. The highest BCUT2D eigenvalue weighted by Crippen LogP contribution is 2.16. The van der Waals surface area contributed by atoms with Gasteiger partial charge in [0.2, 0.25) is 0 Å². The highest BCUT2D eigenvalue weighted by molar-refractivity contribution is 5.09. The van der Waals surface area contributed by atoms with Gasteiger partial charge in [0, 0.05) is 5.56 Å². The summed E-state index contributed by atoms with van der Waals surface area (Å²) in [5.74, 6) is 0. The fraction of sp³-hybridized carbons (Fsp3) is 0.500. The maximum atomic E-state index is 11.7. The van der Waals surface area contributed by atoms with Gasteiger partial charge in [-0.1, -0.05) is 0 Å². The predicted octanol–water partition coefficient (Wildman–Crippen LogP) is 2.42. The second-order valence-electron chi connectivity index (χ2n) is 2.80. The lowest BCUT2D eigenvalue weighted by Gasteiger charge is -2.12. The maximum absolute atomic E-state index is 11.7. The normalized spacial score (nSPS) is 14.3. The van der Waals surface area contributed by atoms with Gasteiger partial charge in [-0.25, -0.2) is 0 Å². The van der Waals surface area contributed by atoms with Crippen LogP contribution < -0.4 is 5.48 Å². The third kappa shape index (κ3) is 3.80. The number of hydrogen-bond donors (Lipinski definition) is 1. The van der Waals surface area contributed by atoms with Gasteiger partial charge in [-0.15, -0.1) is 0 Å². The van der Waals surface area contributed by atoms with E-state index in [0.717, 1.165) is 5.56 Å². The van der Waals surface area contributed by atoms with Crippen molar-refractivity contribution in [1.29, 1.82) is 0 Å². The van der Waals surface area contributed by atoms with Crippen LogP contribution in [0.2, 0.25) is 0 Å². The number of rotatable bonds is 4. The number of halogens is 3. The van der Waals surface area contributed by atoms with Gasteiger partial charge in [-0.2, -0.15) is 18.7 Å². The van der Waals surface area contributed by atoms with Crippen molar-refractivity contribution >= 4 is 0 Å². The van der Waals surface area contributed by atoms with Crippen LogP contribution in [0.3, 0.4) is 0 Å². The van der Waals surface area contributed by atoms with Crippen LogP contribution in [-0.2, 0) is 4.84 Å². The van der Waals surface area contributed by atoms with Crippen molar-refractivity contribution in [3.63, 3.8) is 0 Å². The van der Waals surface area contributed by atoms with Gasteiger partial charge in [0.25, 0.3) is 0 Å². The second-order valence-corrected chi connectivity index (χ2v) is 2.80. The quantitative estimate of drug-likeness (QED) is 0.773. The molecule has 1 aromatic heterocycles. The number of alkyl halides is 3. The van der Waals surface area contributed by atoms with Gasteiger partial charge in [0.05, 0.1) is 18.6 Å². The van der Waals surface area contributed by atoms with Crippen LogP contribution in [0.1, 0.15) is 18.5 Å². The van der Waals surface area contributed by atoms with Crippen molar-refractivity contribution in [2.75, 3.05) is 6.61 Å². The van der Waals surface area contributed by atoms with E-state index in [9.17, 15) is 13.2 Å². The molecule has 3 nitrogen and oxygen atoms in total. The number of furan rings is 1. The van der Waals surface area contributed by atoms with Gasteiger partial charge in [-0.3, -0.25) is 4.84 Å². The van der Waals surface area contributed by atoms with E-state index in [-0.39, 0.29) is 6.04 Å². The minimum atomic E-state index is -4.32. The lowest BCUT2D eigenvalue weighted by atomic mass is 10.2. The Balaban J connectivity index is 2.26. The van der Waals surface area contributed by atoms with E-state index in [1.165, 1.54) is 12.5 Å². The molecule has 0 aliphatic rings. The van der Waals surface area contributed by atoms with Crippen molar-refractivity contribution < 1.29 is 22.4 Å². The molecule has 1 heterocycles. The molecule has 0 spiro atoms. The fourth-order valence-electron chi connectivity index (χ4n) is 0.838. The van der Waals surface area contributed by atoms with Crippen molar-refractivity contribution in [3.05, 3.63) is 24.2 Å². The van der Waals surface area contributed by atoms with Crippen LogP contribution >= 0.6 is 0 Å². The molecule has 1 aromatic rings. The van der Waals surface area contributed by atoms with Gasteiger partial charge < -0.3 is 4.42 Å². The molecule has 0 radical (unpaired) electrons. The molecule has 1 atom stereocenters. The molecule has 0 saturated heterocycles. The molecule has 0 aliphatic heterocycles. The van der Waals surface area contributed by atoms with Crippen molar-refractivity contribution in [2.45, 2.75) is 19.1 Å². The smallest absolute Gasteiger partial charge is 0.413 e. The molecule has 0 saturated carbocycles. The fourth-order valence-corrected chi connectivity index (χ4v) is 0.838. The zero-order valence-corrected chi connectivity index (χ0v) is 7.47. The highest BCUT2D eigenvalue weighted by atomic mass is 19.4. The van der Waals surface area contributed by atoms with Crippen LogP contribution in [-0.4, -0.2) is 12.8 Å². The van der Waals surface area contributed by atoms with E-state index < -0.39 is 12.8 Å². The Bertz CT molecular complexity index is 258. The van der Waals surface area contributed by atoms with Crippen molar-refractivity contribution in [3.8, 4) is 0 Å². The number of hydrogen-bond acceptors (Lipinski definition) is 3. The third-order valence-corrected chi connectivity index (χ3v) is 1.54. The first-order chi connectivity index (χ1) is 6.49. The zero-order valence-electron chi connectivity index (χ0n) is 7.47. The summed E-state index contributed by atoms with van der Waals surface area (Å²) in [4.78, 5) is 4.27. The number of hydroxylamine groups is 1. The minimum Gasteiger partial charge on any atom is -0.472 e. The topological polar surface area (TPSA) is 34.4 Å². The first-order valence-electron chi connectivity index (χ1n) is 3.95. The Morgan fingerprint density at radius 1 is 1.57 bits per heavy atom. The first-order valence-corrected chi connectivity index (χ1v) is 3.95. The van der Waals surface area contributed by atoms with Crippen LogP contribution in [0.4, 0.5) is 13.2 Å². The van der Waals surface area contributed by atoms with E-state index >= 15 is 0 Å². The molecule has 0 bridgehead atoms. The summed E-state index contributed by atoms with van der Waals surface area (Å²) in [6.07, 6.45) is -1.44. The van der Waals surface area contributed by atoms with Gasteiger partial charge in [0.15, 0.2) is 6.61 Å². The van der Waals surface area contributed by atoms with Gasteiger partial charge in [0.1, 0.15) is 0 Å². The SMILES string of the molecule is CC(NOCC(F)(F)F)c1ccoc1. The van der Waals surface area contributed by atoms with Gasteiger partial charge in [-0.05, 0) is 13.0 Å². The summed E-state index contributed by atoms with van der Waals surface area (Å²) in [6, 6.07) is 1.31. The third-order valence-electron chi connectivity index (χ3n) is 1.54. The number of nitrogens with one attached hydrogen (secondary N) is 1. The van der Waals surface area contributed by atoms with Gasteiger partial charge >= 0.3 is 6.18 Å². The molecule has 14 heavy (non-hydrogen) atoms. The standard InChI is InChI=1S/C8H10F3NO2/c1-6(7-2-3-13-4-7)12-14-5-8(9,10)11/h2-4,6,12H,5H2,1H3. The summed E-state index contributed by atoms with van der Waals surface area (Å²) in [6.45, 7) is 0.358. The van der Waals surface area contributed by atoms with E-state index in [1.54, 1.807) is 13.0 Å². The average Bonchev–Trinajstić information content (AvgIpc) is 2.53. The molecule has 0 amide bonds. The highest BCUT2D eigenvalue weighted by Gasteiger charge is 2.28. The molecule has 0 aromatic carbocycles. The Morgan fingerprint density at radius 3 is 2.79 bits per heavy atom. The van der Waals surface area contributed by atoms with E-state index in [2.05, 4.69) is 10.3 Å². The summed E-state index contributed by atoms with van der Waals surface area (Å²) in [5, 5.41) is 0. The zero-order chi connectivity index (χ0) is 10.6. The van der Waals surface area contributed by atoms with E-state index in [0.29, 0.717) is 0 Å². The monoisotopic (exact) mass is 209 g/mol. The van der Waals surface area contributed by atoms with Crippen LogP contribution in [0, 0.1) is 0 Å². The maximum Gasteiger partial charge on any atom is 0.413 e. The Hall–Kier alpha value is -1.01. The summed E-state index contributed by atoms with van der Waals surface area (Å²) >= 11 is 0. The van der Waals surface area contributed by atoms with Crippen LogP contribution in [0.5, 0.6) is 0 Å². The molecule has 6 heteroatoms. The lowest BCUT2D eigenvalue weighted by molar-refractivity contribution is -0.192. The largest absolute Gasteiger partial charge is 0.472 e. The Morgan fingerprint density at radius 2 is 2.29 bits per heavy atom. The van der Waals surface area contributed by atoms with Crippen LogP contribution in [0.15, 0.2) is 23.0 Å². The average molecular weight is 209 g/mol. The molecular formula is C8H10F3NO2. The summed E-state index contributed by atoms with van der Waals surface area (Å²) in [7, 11) is 0. The summed E-state index contributed by atoms with van der Waals surface area (Å²) < 4.78 is 39.8. The molecular weight excluding hydrogens is 199 g/mol. The predicted molar refractivity (Wildman–Crippen MR) is 42.3 cm³/mol. The van der Waals surface area contributed by atoms with E-state index in [4.69, 9.17) is 4.42 Å². The molecule has 0 aliphatic carbocycles. The lowest BCUT2D eigenvalue weighted by Crippen LogP contribution is -2.26. The van der Waals surface area contributed by atoms with Crippen molar-refractivity contribution in [1.82, 2.24) is 5.48 Å². The first kappa shape index (κ1) is 11.1. The van der Waals surface area contributed by atoms with Crippen LogP contribution in [0.25, 0.3) is 0 Å². The second kappa shape index (κ2) is 4.47. The van der Waals surface area contributed by atoms with Crippen molar-refractivity contribution in [2.24, 2.45) is 0 Å². The molecule has 1 rings (SSSR count). The Labute approximate surface area is 78.8 Å². The summed E-state index contributed by atoms with van der Waals surface area (Å²) in [5.41, 5.74) is 2.99. The van der Waals surface area contributed by atoms with E-state index in [1.807, 2.05) is 0 Å². The molecule has 80 valence electrons. The Kier molecular flexibility index (Phi) is 3.54. The molecule has 0 fully saturated rings.